The van der Waals surface area contributed by atoms with E-state index in [-0.39, 0.29) is 37.5 Å². The number of nitrogens with zero attached hydrogens (tertiary/aromatic N) is 1. The molecule has 0 unspecified atom stereocenters. The number of ketones is 1. The van der Waals surface area contributed by atoms with Crippen LogP contribution in [0.3, 0.4) is 0 Å². The largest absolute Gasteiger partial charge is 0.477 e. The molecule has 156 valence electrons. The zero-order valence-electron chi connectivity index (χ0n) is 16.6. The molecule has 2 amide bonds. The molecule has 0 bridgehead atoms. The van der Waals surface area contributed by atoms with Crippen molar-refractivity contribution in [1.29, 1.82) is 0 Å². The second-order valence-corrected chi connectivity index (χ2v) is 6.92. The molecule has 0 saturated carbocycles. The topological polar surface area (TPSA) is 106 Å². The van der Waals surface area contributed by atoms with Crippen molar-refractivity contribution in [2.24, 2.45) is 0 Å². The van der Waals surface area contributed by atoms with Gasteiger partial charge in [0.25, 0.3) is 5.91 Å². The molecule has 0 radical (unpaired) electrons. The van der Waals surface area contributed by atoms with E-state index in [1.54, 1.807) is 29.2 Å². The highest BCUT2D eigenvalue weighted by Crippen LogP contribution is 2.37. The molecule has 9 heteroatoms. The summed E-state index contributed by atoms with van der Waals surface area (Å²) in [6, 6.07) is 10.4. The minimum Gasteiger partial charge on any atom is -0.477 e. The van der Waals surface area contributed by atoms with Gasteiger partial charge in [-0.2, -0.15) is 0 Å². The van der Waals surface area contributed by atoms with Crippen LogP contribution < -0.4 is 29.7 Å². The minimum atomic E-state index is -0.740. The van der Waals surface area contributed by atoms with E-state index < -0.39 is 6.10 Å². The lowest BCUT2D eigenvalue weighted by Crippen LogP contribution is -2.50. The number of amides is 2. The van der Waals surface area contributed by atoms with Crippen molar-refractivity contribution in [3.8, 4) is 17.2 Å². The summed E-state index contributed by atoms with van der Waals surface area (Å²) < 4.78 is 16.4. The van der Waals surface area contributed by atoms with Crippen molar-refractivity contribution in [3.05, 3.63) is 42.0 Å². The molecule has 4 rings (SSSR count). The first-order chi connectivity index (χ1) is 14.5. The molecule has 0 saturated heterocycles. The zero-order valence-corrected chi connectivity index (χ0v) is 16.6. The fraction of sp³-hybridized carbons (Fsp3) is 0.286. The van der Waals surface area contributed by atoms with Crippen LogP contribution in [0.2, 0.25) is 0 Å². The molecule has 0 fully saturated rings. The Morgan fingerprint density at radius 1 is 1.10 bits per heavy atom. The minimum absolute atomic E-state index is 0.0281. The Kier molecular flexibility index (Phi) is 5.18. The van der Waals surface area contributed by atoms with Crippen molar-refractivity contribution < 1.29 is 28.6 Å². The number of benzene rings is 2. The summed E-state index contributed by atoms with van der Waals surface area (Å²) in [4.78, 5) is 38.7. The van der Waals surface area contributed by atoms with Gasteiger partial charge < -0.3 is 29.7 Å². The average Bonchev–Trinajstić information content (AvgIpc) is 3.19. The van der Waals surface area contributed by atoms with Crippen LogP contribution in [0.15, 0.2) is 36.4 Å². The third-order valence-electron chi connectivity index (χ3n) is 4.90. The van der Waals surface area contributed by atoms with Crippen molar-refractivity contribution in [2.45, 2.75) is 13.0 Å². The van der Waals surface area contributed by atoms with Gasteiger partial charge in [0.15, 0.2) is 23.4 Å². The second-order valence-electron chi connectivity index (χ2n) is 6.92. The van der Waals surface area contributed by atoms with Crippen LogP contribution in [0.4, 0.5) is 11.4 Å². The molecule has 2 aliphatic heterocycles. The maximum atomic E-state index is 12.8. The first-order valence-electron chi connectivity index (χ1n) is 9.43. The summed E-state index contributed by atoms with van der Waals surface area (Å²) in [6.45, 7) is 1.67. The molecule has 2 N–H and O–H groups in total. The van der Waals surface area contributed by atoms with Gasteiger partial charge in [0.05, 0.1) is 24.5 Å². The zero-order chi connectivity index (χ0) is 21.3. The summed E-state index contributed by atoms with van der Waals surface area (Å²) in [5, 5.41) is 5.35. The van der Waals surface area contributed by atoms with Gasteiger partial charge in [-0.3, -0.25) is 14.4 Å². The molecule has 30 heavy (non-hydrogen) atoms. The van der Waals surface area contributed by atoms with Crippen LogP contribution in [0, 0.1) is 0 Å². The van der Waals surface area contributed by atoms with Crippen LogP contribution in [-0.2, 0) is 9.59 Å². The van der Waals surface area contributed by atoms with Gasteiger partial charge in [-0.1, -0.05) is 12.1 Å². The van der Waals surface area contributed by atoms with E-state index in [2.05, 4.69) is 10.6 Å². The predicted octanol–water partition coefficient (Wildman–Crippen LogP) is 1.57. The Bertz CT molecular complexity index is 1020. The number of para-hydroxylation sites is 2. The number of Topliss-reactive ketones (excluding diaryl/α,β-unsaturated/α-hetero) is 1. The third-order valence-corrected chi connectivity index (χ3v) is 4.90. The van der Waals surface area contributed by atoms with Gasteiger partial charge in [-0.25, -0.2) is 0 Å². The molecule has 9 nitrogen and oxygen atoms in total. The Balaban J connectivity index is 1.55. The van der Waals surface area contributed by atoms with Gasteiger partial charge in [0.1, 0.15) is 5.75 Å². The summed E-state index contributed by atoms with van der Waals surface area (Å²) in [7, 11) is 1.53. The number of hydrogen-bond acceptors (Lipinski definition) is 7. The third kappa shape index (κ3) is 3.73. The first kappa shape index (κ1) is 19.6. The average molecular weight is 411 g/mol. The van der Waals surface area contributed by atoms with Crippen molar-refractivity contribution in [2.75, 3.05) is 37.1 Å². The van der Waals surface area contributed by atoms with Gasteiger partial charge in [-0.15, -0.1) is 0 Å². The van der Waals surface area contributed by atoms with E-state index in [0.717, 1.165) is 0 Å². The van der Waals surface area contributed by atoms with E-state index in [0.29, 0.717) is 34.2 Å². The first-order valence-corrected chi connectivity index (χ1v) is 9.43. The van der Waals surface area contributed by atoms with Crippen molar-refractivity contribution in [3.63, 3.8) is 0 Å². The standard InChI is InChI=1S/C21H21N3O6/c1-12(25)13-7-17-18(29-11-28-17)8-14(13)23-20(26)10-24-9-19(21(27)22-2)30-16-6-4-3-5-15(16)24/h3-8,19H,9-11H2,1-2H3,(H,22,27)(H,23,26)/t19-/m1/s1. The smallest absolute Gasteiger partial charge is 0.262 e. The van der Waals surface area contributed by atoms with Crippen molar-refractivity contribution in [1.82, 2.24) is 5.32 Å². The highest BCUT2D eigenvalue weighted by Gasteiger charge is 2.31. The Labute approximate surface area is 172 Å². The fourth-order valence-electron chi connectivity index (χ4n) is 3.45. The summed E-state index contributed by atoms with van der Waals surface area (Å²) in [6.07, 6.45) is -0.740. The number of carbonyl (C=O) groups is 3. The maximum Gasteiger partial charge on any atom is 0.262 e. The molecular weight excluding hydrogens is 390 g/mol. The quantitative estimate of drug-likeness (QED) is 0.720. The van der Waals surface area contributed by atoms with Crippen LogP contribution in [0.1, 0.15) is 17.3 Å². The Morgan fingerprint density at radius 2 is 1.83 bits per heavy atom. The summed E-state index contributed by atoms with van der Waals surface area (Å²) in [5.41, 5.74) is 1.39. The normalized spacial score (nSPS) is 16.3. The van der Waals surface area contributed by atoms with Gasteiger partial charge >= 0.3 is 0 Å². The second kappa shape index (κ2) is 7.94. The van der Waals surface area contributed by atoms with Crippen molar-refractivity contribution >= 4 is 29.0 Å². The van der Waals surface area contributed by atoms with E-state index in [4.69, 9.17) is 14.2 Å². The number of carbonyl (C=O) groups excluding carboxylic acids is 3. The molecule has 2 aromatic rings. The van der Waals surface area contributed by atoms with E-state index in [1.807, 2.05) is 12.1 Å². The molecule has 2 aliphatic rings. The molecule has 0 aliphatic carbocycles. The number of likely N-dealkylation sites (N-methyl/N-ethyl adjacent to an activating group) is 1. The van der Waals surface area contributed by atoms with Crippen LogP contribution in [0.25, 0.3) is 0 Å². The van der Waals surface area contributed by atoms with Gasteiger partial charge in [0.2, 0.25) is 12.7 Å². The van der Waals surface area contributed by atoms with E-state index in [1.165, 1.54) is 14.0 Å². The van der Waals surface area contributed by atoms with Crippen LogP contribution in [0.5, 0.6) is 17.2 Å². The maximum absolute atomic E-state index is 12.8. The molecule has 0 aromatic heterocycles. The van der Waals surface area contributed by atoms with Gasteiger partial charge in [-0.05, 0) is 25.1 Å². The van der Waals surface area contributed by atoms with Crippen LogP contribution >= 0.6 is 0 Å². The molecule has 2 aromatic carbocycles. The van der Waals surface area contributed by atoms with E-state index in [9.17, 15) is 14.4 Å². The SMILES string of the molecule is CNC(=O)[C@H]1CN(CC(=O)Nc2cc3c(cc2C(C)=O)OCO3)c2ccccc2O1. The lowest BCUT2D eigenvalue weighted by atomic mass is 10.1. The number of nitrogens with one attached hydrogen (secondary N) is 2. The highest BCUT2D eigenvalue weighted by molar-refractivity contribution is 6.05. The highest BCUT2D eigenvalue weighted by atomic mass is 16.7. The lowest BCUT2D eigenvalue weighted by Gasteiger charge is -2.35. The monoisotopic (exact) mass is 411 g/mol. The molecule has 0 spiro atoms. The molecule has 1 atom stereocenters. The van der Waals surface area contributed by atoms with Crippen LogP contribution in [-0.4, -0.2) is 50.6 Å². The molecular formula is C21H21N3O6. The molecule has 2 heterocycles. The Morgan fingerprint density at radius 3 is 2.57 bits per heavy atom. The number of fused-ring (bicyclic) bond motifs is 2. The predicted molar refractivity (Wildman–Crippen MR) is 108 cm³/mol. The number of ether oxygens (including phenoxy) is 3. The number of rotatable bonds is 5. The number of hydrogen-bond donors (Lipinski definition) is 2. The summed E-state index contributed by atoms with van der Waals surface area (Å²) in [5.74, 6) is 0.631. The number of anilines is 2. The summed E-state index contributed by atoms with van der Waals surface area (Å²) >= 11 is 0. The fourth-order valence-corrected chi connectivity index (χ4v) is 3.45. The van der Waals surface area contributed by atoms with Gasteiger partial charge in [0, 0.05) is 18.7 Å². The Hall–Kier alpha value is -3.75. The lowest BCUT2D eigenvalue weighted by molar-refractivity contribution is -0.127. The van der Waals surface area contributed by atoms with E-state index >= 15 is 0 Å².